The summed E-state index contributed by atoms with van der Waals surface area (Å²) in [6, 6.07) is 10.7. The van der Waals surface area contributed by atoms with Crippen LogP contribution in [0.5, 0.6) is 0 Å². The van der Waals surface area contributed by atoms with E-state index in [1.807, 2.05) is 20.8 Å². The van der Waals surface area contributed by atoms with Gasteiger partial charge in [-0.1, -0.05) is 0 Å². The van der Waals surface area contributed by atoms with E-state index in [9.17, 15) is 14.0 Å². The van der Waals surface area contributed by atoms with Crippen LogP contribution in [-0.2, 0) is 11.2 Å². The lowest BCUT2D eigenvalue weighted by Gasteiger charge is -2.24. The Hall–Kier alpha value is -3.35. The van der Waals surface area contributed by atoms with Crippen LogP contribution in [0.15, 0.2) is 48.7 Å². The molecule has 7 heteroatoms. The summed E-state index contributed by atoms with van der Waals surface area (Å²) in [6.45, 7) is 5.89. The van der Waals surface area contributed by atoms with Crippen molar-refractivity contribution in [1.29, 1.82) is 0 Å². The molecule has 2 N–H and O–H groups in total. The van der Waals surface area contributed by atoms with Crippen LogP contribution in [0.4, 0.5) is 9.18 Å². The van der Waals surface area contributed by atoms with Gasteiger partial charge in [0.1, 0.15) is 11.4 Å². The van der Waals surface area contributed by atoms with Gasteiger partial charge < -0.3 is 15.5 Å². The van der Waals surface area contributed by atoms with E-state index in [0.29, 0.717) is 24.1 Å². The molecular weight excluding hydrogens is 385 g/mol. The molecular formula is C23H26FN3O3. The minimum Gasteiger partial charge on any atom is -0.444 e. The van der Waals surface area contributed by atoms with Gasteiger partial charge in [0.15, 0.2) is 5.78 Å². The average molecular weight is 411 g/mol. The maximum absolute atomic E-state index is 13.1. The molecule has 0 aliphatic rings. The molecule has 30 heavy (non-hydrogen) atoms. The summed E-state index contributed by atoms with van der Waals surface area (Å²) in [7, 11) is 1.68. The van der Waals surface area contributed by atoms with Gasteiger partial charge in [-0.05, 0) is 75.2 Å². The first-order valence-electron chi connectivity index (χ1n) is 9.68. The SMILES string of the molecule is CN(CCc1cn(N)c2ccc(C(=O)c3ccc(F)cc3)cc12)C(=O)OC(C)(C)C. The number of ether oxygens (including phenoxy) is 1. The first-order valence-corrected chi connectivity index (χ1v) is 9.68. The fourth-order valence-corrected chi connectivity index (χ4v) is 3.15. The number of nitrogen functional groups attached to an aromatic ring is 1. The normalized spacial score (nSPS) is 11.5. The number of ketones is 1. The lowest BCUT2D eigenvalue weighted by atomic mass is 10.0. The van der Waals surface area contributed by atoms with Crippen LogP contribution in [0.2, 0.25) is 0 Å². The molecule has 1 amide bonds. The molecule has 0 spiro atoms. The van der Waals surface area contributed by atoms with E-state index in [0.717, 1.165) is 16.5 Å². The highest BCUT2D eigenvalue weighted by Crippen LogP contribution is 2.24. The van der Waals surface area contributed by atoms with E-state index in [-0.39, 0.29) is 5.78 Å². The number of benzene rings is 2. The fraction of sp³-hybridized carbons (Fsp3) is 0.304. The molecule has 0 aliphatic heterocycles. The maximum Gasteiger partial charge on any atom is 0.410 e. The first kappa shape index (κ1) is 21.4. The quantitative estimate of drug-likeness (QED) is 0.506. The summed E-state index contributed by atoms with van der Waals surface area (Å²) in [5, 5.41) is 0.836. The third kappa shape index (κ3) is 4.79. The van der Waals surface area contributed by atoms with Crippen LogP contribution in [0, 0.1) is 5.82 Å². The summed E-state index contributed by atoms with van der Waals surface area (Å²) in [5.41, 5.74) is 2.03. The summed E-state index contributed by atoms with van der Waals surface area (Å²) < 4.78 is 20.0. The third-order valence-corrected chi connectivity index (χ3v) is 4.71. The molecule has 0 saturated heterocycles. The fourth-order valence-electron chi connectivity index (χ4n) is 3.15. The Balaban J connectivity index is 1.82. The molecule has 2 aromatic carbocycles. The van der Waals surface area contributed by atoms with Crippen molar-refractivity contribution in [2.24, 2.45) is 0 Å². The van der Waals surface area contributed by atoms with E-state index in [1.54, 1.807) is 31.4 Å². The number of nitrogens with two attached hydrogens (primary N) is 1. The molecule has 3 aromatic rings. The second-order valence-corrected chi connectivity index (χ2v) is 8.28. The topological polar surface area (TPSA) is 77.6 Å². The number of fused-ring (bicyclic) bond motifs is 1. The summed E-state index contributed by atoms with van der Waals surface area (Å²) in [5.74, 6) is 5.48. The van der Waals surface area contributed by atoms with Gasteiger partial charge in [-0.25, -0.2) is 9.18 Å². The molecule has 6 nitrogen and oxygen atoms in total. The lowest BCUT2D eigenvalue weighted by Crippen LogP contribution is -2.35. The van der Waals surface area contributed by atoms with Crippen LogP contribution in [0.3, 0.4) is 0 Å². The number of carbonyl (C=O) groups excluding carboxylic acids is 2. The van der Waals surface area contributed by atoms with E-state index in [2.05, 4.69) is 0 Å². The summed E-state index contributed by atoms with van der Waals surface area (Å²) >= 11 is 0. The number of rotatable bonds is 5. The van der Waals surface area contributed by atoms with Crippen molar-refractivity contribution in [2.45, 2.75) is 32.8 Å². The first-order chi connectivity index (χ1) is 14.0. The van der Waals surface area contributed by atoms with Crippen LogP contribution >= 0.6 is 0 Å². The van der Waals surface area contributed by atoms with Crippen LogP contribution in [0.1, 0.15) is 42.3 Å². The zero-order valence-electron chi connectivity index (χ0n) is 17.6. The minimum absolute atomic E-state index is 0.196. The van der Waals surface area contributed by atoms with Crippen LogP contribution in [-0.4, -0.2) is 40.6 Å². The smallest absolute Gasteiger partial charge is 0.410 e. The molecule has 0 saturated carbocycles. The van der Waals surface area contributed by atoms with Crippen LogP contribution < -0.4 is 5.84 Å². The van der Waals surface area contributed by atoms with Crippen molar-refractivity contribution in [3.63, 3.8) is 0 Å². The highest BCUT2D eigenvalue weighted by molar-refractivity contribution is 6.10. The number of aromatic nitrogens is 1. The Morgan fingerprint density at radius 2 is 1.73 bits per heavy atom. The van der Waals surface area contributed by atoms with E-state index in [1.165, 1.54) is 33.8 Å². The van der Waals surface area contributed by atoms with Crippen molar-refractivity contribution in [3.8, 4) is 0 Å². The predicted octanol–water partition coefficient (Wildman–Crippen LogP) is 4.13. The molecule has 1 heterocycles. The molecule has 0 aliphatic carbocycles. The minimum atomic E-state index is -0.561. The Labute approximate surface area is 175 Å². The molecule has 0 bridgehead atoms. The highest BCUT2D eigenvalue weighted by atomic mass is 19.1. The van der Waals surface area contributed by atoms with Gasteiger partial charge in [-0.15, -0.1) is 0 Å². The Bertz CT molecular complexity index is 1080. The van der Waals surface area contributed by atoms with Crippen molar-refractivity contribution >= 4 is 22.8 Å². The summed E-state index contributed by atoms with van der Waals surface area (Å²) in [4.78, 5) is 26.5. The average Bonchev–Trinajstić information content (AvgIpc) is 3.00. The molecule has 3 rings (SSSR count). The van der Waals surface area contributed by atoms with Gasteiger partial charge in [-0.3, -0.25) is 9.47 Å². The Kier molecular flexibility index (Phi) is 5.82. The zero-order valence-corrected chi connectivity index (χ0v) is 17.6. The van der Waals surface area contributed by atoms with E-state index in [4.69, 9.17) is 10.6 Å². The monoisotopic (exact) mass is 411 g/mol. The van der Waals surface area contributed by atoms with Crippen molar-refractivity contribution in [2.75, 3.05) is 19.4 Å². The standard InChI is InChI=1S/C23H26FN3O3/c1-23(2,3)30-22(29)26(4)12-11-17-14-27(25)20-10-7-16(13-19(17)20)21(28)15-5-8-18(24)9-6-15/h5-10,13-14H,11-12,25H2,1-4H3. The van der Waals surface area contributed by atoms with Crippen molar-refractivity contribution in [3.05, 3.63) is 71.2 Å². The second-order valence-electron chi connectivity index (χ2n) is 8.28. The van der Waals surface area contributed by atoms with Crippen molar-refractivity contribution in [1.82, 2.24) is 9.58 Å². The van der Waals surface area contributed by atoms with Gasteiger partial charge in [0.2, 0.25) is 0 Å². The lowest BCUT2D eigenvalue weighted by molar-refractivity contribution is 0.0301. The number of hydrogen-bond donors (Lipinski definition) is 1. The number of nitrogens with zero attached hydrogens (tertiary/aromatic N) is 2. The molecule has 0 unspecified atom stereocenters. The van der Waals surface area contributed by atoms with Gasteiger partial charge in [0.05, 0.1) is 5.52 Å². The van der Waals surface area contributed by atoms with E-state index >= 15 is 0 Å². The largest absolute Gasteiger partial charge is 0.444 e. The molecule has 0 fully saturated rings. The van der Waals surface area contributed by atoms with Gasteiger partial charge >= 0.3 is 6.09 Å². The Morgan fingerprint density at radius 3 is 2.37 bits per heavy atom. The number of carbonyl (C=O) groups is 2. The highest BCUT2D eigenvalue weighted by Gasteiger charge is 2.20. The molecule has 1 aromatic heterocycles. The number of halogens is 1. The maximum atomic E-state index is 13.1. The summed E-state index contributed by atoms with van der Waals surface area (Å²) in [6.07, 6.45) is 1.94. The third-order valence-electron chi connectivity index (χ3n) is 4.71. The van der Waals surface area contributed by atoms with Gasteiger partial charge in [-0.2, -0.15) is 0 Å². The number of hydrogen-bond acceptors (Lipinski definition) is 4. The van der Waals surface area contributed by atoms with Gasteiger partial charge in [0, 0.05) is 36.3 Å². The zero-order chi connectivity index (χ0) is 22.1. The number of likely N-dealkylation sites (N-methyl/N-ethyl adjacent to an activating group) is 1. The Morgan fingerprint density at radius 1 is 1.10 bits per heavy atom. The van der Waals surface area contributed by atoms with E-state index < -0.39 is 17.5 Å². The molecule has 158 valence electrons. The second kappa shape index (κ2) is 8.18. The van der Waals surface area contributed by atoms with Crippen LogP contribution in [0.25, 0.3) is 10.9 Å². The predicted molar refractivity (Wildman–Crippen MR) is 114 cm³/mol. The molecule has 0 radical (unpaired) electrons. The molecule has 0 atom stereocenters. The van der Waals surface area contributed by atoms with Crippen molar-refractivity contribution < 1.29 is 18.7 Å². The van der Waals surface area contributed by atoms with Gasteiger partial charge in [0.25, 0.3) is 0 Å². The number of amides is 1.